The number of nitrogen functional groups attached to an aromatic ring is 1. The number of ether oxygens (including phenoxy) is 2. The zero-order chi connectivity index (χ0) is 15.1. The molecule has 0 fully saturated rings. The van der Waals surface area contributed by atoms with Crippen molar-refractivity contribution in [2.24, 2.45) is 0 Å². The van der Waals surface area contributed by atoms with Crippen LogP contribution in [0.1, 0.15) is 15.9 Å². The van der Waals surface area contributed by atoms with Gasteiger partial charge in [-0.05, 0) is 29.8 Å². The van der Waals surface area contributed by atoms with Gasteiger partial charge in [-0.2, -0.15) is 0 Å². The monoisotopic (exact) mass is 281 g/mol. The second kappa shape index (κ2) is 7.01. The fraction of sp³-hybridized carbons (Fsp3) is 0.118. The summed E-state index contributed by atoms with van der Waals surface area (Å²) in [4.78, 5) is 11.6. The maximum atomic E-state index is 11.6. The molecule has 0 saturated carbocycles. The average molecular weight is 281 g/mol. The number of carbonyl (C=O) groups is 1. The molecule has 0 aliphatic heterocycles. The van der Waals surface area contributed by atoms with Crippen LogP contribution in [0, 0.1) is 12.3 Å². The van der Waals surface area contributed by atoms with Crippen LogP contribution in [-0.4, -0.2) is 12.6 Å². The predicted octanol–water partition coefficient (Wildman–Crippen LogP) is 2.64. The first-order valence-electron chi connectivity index (χ1n) is 6.37. The van der Waals surface area contributed by atoms with Crippen LogP contribution in [0.25, 0.3) is 0 Å². The lowest BCUT2D eigenvalue weighted by molar-refractivity contribution is 0.0556. The van der Waals surface area contributed by atoms with E-state index in [0.29, 0.717) is 23.6 Å². The number of benzene rings is 2. The predicted molar refractivity (Wildman–Crippen MR) is 80.7 cm³/mol. The van der Waals surface area contributed by atoms with Gasteiger partial charge in [0.15, 0.2) is 6.61 Å². The average Bonchev–Trinajstić information content (AvgIpc) is 2.52. The Morgan fingerprint density at radius 1 is 1.14 bits per heavy atom. The summed E-state index contributed by atoms with van der Waals surface area (Å²) in [6.45, 7) is 0.338. The summed E-state index contributed by atoms with van der Waals surface area (Å²) in [6.07, 6.45) is 5.03. The Balaban J connectivity index is 1.95. The van der Waals surface area contributed by atoms with Gasteiger partial charge in [-0.1, -0.05) is 30.2 Å². The number of rotatable bonds is 5. The Morgan fingerprint density at radius 3 is 2.52 bits per heavy atom. The molecule has 0 bridgehead atoms. The van der Waals surface area contributed by atoms with Crippen molar-refractivity contribution in [1.82, 2.24) is 0 Å². The molecule has 2 rings (SSSR count). The molecule has 0 amide bonds. The normalized spacial score (nSPS) is 9.67. The molecule has 0 aliphatic carbocycles. The van der Waals surface area contributed by atoms with Crippen molar-refractivity contribution < 1.29 is 14.3 Å². The van der Waals surface area contributed by atoms with Gasteiger partial charge in [0.25, 0.3) is 0 Å². The number of hydrogen-bond donors (Lipinski definition) is 1. The first-order chi connectivity index (χ1) is 10.2. The van der Waals surface area contributed by atoms with Gasteiger partial charge in [0.05, 0.1) is 11.3 Å². The van der Waals surface area contributed by atoms with Gasteiger partial charge in [0.2, 0.25) is 0 Å². The Bertz CT molecular complexity index is 656. The molecule has 106 valence electrons. The second-order valence-electron chi connectivity index (χ2n) is 4.30. The summed E-state index contributed by atoms with van der Waals surface area (Å²) in [5.41, 5.74) is 7.76. The third kappa shape index (κ3) is 4.02. The van der Waals surface area contributed by atoms with Crippen molar-refractivity contribution in [3.63, 3.8) is 0 Å². The van der Waals surface area contributed by atoms with Gasteiger partial charge in [-0.15, -0.1) is 6.42 Å². The Labute approximate surface area is 123 Å². The molecule has 0 aliphatic rings. The summed E-state index contributed by atoms with van der Waals surface area (Å²) >= 11 is 0. The van der Waals surface area contributed by atoms with Gasteiger partial charge in [0, 0.05) is 0 Å². The SMILES string of the molecule is C#CCOC(=O)c1ccc(COc2ccccc2N)cc1. The Hall–Kier alpha value is -2.93. The highest BCUT2D eigenvalue weighted by Gasteiger charge is 2.06. The highest BCUT2D eigenvalue weighted by atomic mass is 16.5. The van der Waals surface area contributed by atoms with Crippen LogP contribution in [-0.2, 0) is 11.3 Å². The number of hydrogen-bond acceptors (Lipinski definition) is 4. The number of anilines is 1. The third-order valence-electron chi connectivity index (χ3n) is 2.79. The lowest BCUT2D eigenvalue weighted by Crippen LogP contribution is -2.05. The van der Waals surface area contributed by atoms with Crippen molar-refractivity contribution >= 4 is 11.7 Å². The highest BCUT2D eigenvalue weighted by Crippen LogP contribution is 2.21. The van der Waals surface area contributed by atoms with Gasteiger partial charge >= 0.3 is 5.97 Å². The van der Waals surface area contributed by atoms with E-state index in [1.165, 1.54) is 0 Å². The number of nitrogens with two attached hydrogens (primary N) is 1. The second-order valence-corrected chi connectivity index (χ2v) is 4.30. The van der Waals surface area contributed by atoms with Crippen molar-refractivity contribution in [2.75, 3.05) is 12.3 Å². The largest absolute Gasteiger partial charge is 0.487 e. The first kappa shape index (κ1) is 14.5. The van der Waals surface area contributed by atoms with Crippen LogP contribution in [0.5, 0.6) is 5.75 Å². The summed E-state index contributed by atoms with van der Waals surface area (Å²) in [5.74, 6) is 2.45. The molecule has 2 aromatic carbocycles. The minimum Gasteiger partial charge on any atom is -0.487 e. The van der Waals surface area contributed by atoms with E-state index in [1.807, 2.05) is 12.1 Å². The van der Waals surface area contributed by atoms with Crippen molar-refractivity contribution in [2.45, 2.75) is 6.61 Å². The van der Waals surface area contributed by atoms with E-state index in [0.717, 1.165) is 5.56 Å². The summed E-state index contributed by atoms with van der Waals surface area (Å²) in [6, 6.07) is 14.2. The third-order valence-corrected chi connectivity index (χ3v) is 2.79. The molecule has 0 heterocycles. The number of carbonyl (C=O) groups excluding carboxylic acids is 1. The topological polar surface area (TPSA) is 61.5 Å². The number of esters is 1. The Kier molecular flexibility index (Phi) is 4.84. The van der Waals surface area contributed by atoms with Gasteiger partial charge in [-0.3, -0.25) is 0 Å². The zero-order valence-electron chi connectivity index (χ0n) is 11.4. The molecule has 0 atom stereocenters. The fourth-order valence-corrected chi connectivity index (χ4v) is 1.70. The first-order valence-corrected chi connectivity index (χ1v) is 6.37. The van der Waals surface area contributed by atoms with Crippen LogP contribution < -0.4 is 10.5 Å². The molecule has 2 aromatic rings. The molecule has 0 aromatic heterocycles. The lowest BCUT2D eigenvalue weighted by Gasteiger charge is -2.09. The highest BCUT2D eigenvalue weighted by molar-refractivity contribution is 5.89. The van der Waals surface area contributed by atoms with E-state index in [1.54, 1.807) is 36.4 Å². The van der Waals surface area contributed by atoms with E-state index >= 15 is 0 Å². The maximum Gasteiger partial charge on any atom is 0.339 e. The number of para-hydroxylation sites is 2. The molecule has 0 saturated heterocycles. The molecule has 2 N–H and O–H groups in total. The van der Waals surface area contributed by atoms with E-state index in [9.17, 15) is 4.79 Å². The molecule has 0 radical (unpaired) electrons. The minimum absolute atomic E-state index is 0.0308. The molecule has 4 heteroatoms. The van der Waals surface area contributed by atoms with Crippen LogP contribution in [0.3, 0.4) is 0 Å². The fourth-order valence-electron chi connectivity index (χ4n) is 1.70. The molecule has 4 nitrogen and oxygen atoms in total. The molecule has 0 unspecified atom stereocenters. The summed E-state index contributed by atoms with van der Waals surface area (Å²) in [7, 11) is 0. The van der Waals surface area contributed by atoms with E-state index < -0.39 is 5.97 Å². The van der Waals surface area contributed by atoms with Gasteiger partial charge < -0.3 is 15.2 Å². The summed E-state index contributed by atoms with van der Waals surface area (Å²) < 4.78 is 10.5. The molecular weight excluding hydrogens is 266 g/mol. The van der Waals surface area contributed by atoms with Gasteiger partial charge in [-0.25, -0.2) is 4.79 Å². The van der Waals surface area contributed by atoms with Crippen molar-refractivity contribution in [1.29, 1.82) is 0 Å². The summed E-state index contributed by atoms with van der Waals surface area (Å²) in [5, 5.41) is 0. The van der Waals surface area contributed by atoms with Crippen LogP contribution in [0.4, 0.5) is 5.69 Å². The number of terminal acetylenes is 1. The van der Waals surface area contributed by atoms with E-state index in [4.69, 9.17) is 21.6 Å². The van der Waals surface area contributed by atoms with E-state index in [-0.39, 0.29) is 6.61 Å². The molecule has 21 heavy (non-hydrogen) atoms. The quantitative estimate of drug-likeness (QED) is 0.520. The van der Waals surface area contributed by atoms with Crippen molar-refractivity contribution in [3.8, 4) is 18.1 Å². The Morgan fingerprint density at radius 2 is 1.86 bits per heavy atom. The molecule has 0 spiro atoms. The van der Waals surface area contributed by atoms with Crippen LogP contribution in [0.15, 0.2) is 48.5 Å². The van der Waals surface area contributed by atoms with Crippen LogP contribution >= 0.6 is 0 Å². The smallest absolute Gasteiger partial charge is 0.339 e. The zero-order valence-corrected chi connectivity index (χ0v) is 11.4. The van der Waals surface area contributed by atoms with E-state index in [2.05, 4.69) is 5.92 Å². The maximum absolute atomic E-state index is 11.6. The standard InChI is InChI=1S/C17H15NO3/c1-2-11-20-17(19)14-9-7-13(8-10-14)12-21-16-6-4-3-5-15(16)18/h1,3-10H,11-12,18H2. The molecular formula is C17H15NO3. The van der Waals surface area contributed by atoms with Crippen molar-refractivity contribution in [3.05, 3.63) is 59.7 Å². The van der Waals surface area contributed by atoms with Gasteiger partial charge in [0.1, 0.15) is 12.4 Å². The minimum atomic E-state index is -0.437. The lowest BCUT2D eigenvalue weighted by atomic mass is 10.1. The van der Waals surface area contributed by atoms with Crippen LogP contribution in [0.2, 0.25) is 0 Å².